The molecule has 0 radical (unpaired) electrons. The molecule has 0 saturated carbocycles. The summed E-state index contributed by atoms with van der Waals surface area (Å²) in [6.07, 6.45) is 2.80. The van der Waals surface area contributed by atoms with Crippen LogP contribution < -0.4 is 4.74 Å². The van der Waals surface area contributed by atoms with Gasteiger partial charge in [0.25, 0.3) is 5.76 Å². The molecule has 0 atom stereocenters. The van der Waals surface area contributed by atoms with Gasteiger partial charge in [0.05, 0.1) is 10.5 Å². The molecule has 0 aliphatic carbocycles. The zero-order valence-electron chi connectivity index (χ0n) is 9.49. The minimum atomic E-state index is -0.683. The minimum absolute atomic E-state index is 0.0128. The van der Waals surface area contributed by atoms with Gasteiger partial charge in [-0.05, 0) is 12.1 Å². The van der Waals surface area contributed by atoms with Gasteiger partial charge in [-0.15, -0.1) is 0 Å². The number of imidazole rings is 1. The van der Waals surface area contributed by atoms with Crippen LogP contribution in [0.3, 0.4) is 0 Å². The lowest BCUT2D eigenvalue weighted by Gasteiger charge is -1.99. The van der Waals surface area contributed by atoms with Crippen molar-refractivity contribution in [3.05, 3.63) is 63.9 Å². The molecule has 3 rings (SSSR count). The van der Waals surface area contributed by atoms with Crippen LogP contribution in [0.4, 0.5) is 0 Å². The third kappa shape index (κ3) is 1.68. The smallest absolute Gasteiger partial charge is 0.357 e. The fourth-order valence-corrected chi connectivity index (χ4v) is 1.85. The summed E-state index contributed by atoms with van der Waals surface area (Å²) in [6.45, 7) is 0. The van der Waals surface area contributed by atoms with Gasteiger partial charge < -0.3 is 9.72 Å². The first-order valence-electron chi connectivity index (χ1n) is 5.38. The summed E-state index contributed by atoms with van der Waals surface area (Å²) < 4.78 is 5.29. The van der Waals surface area contributed by atoms with Gasteiger partial charge in [0.2, 0.25) is 11.6 Å². The maximum atomic E-state index is 12.1. The summed E-state index contributed by atoms with van der Waals surface area (Å²) >= 11 is 0. The predicted molar refractivity (Wildman–Crippen MR) is 63.9 cm³/mol. The van der Waals surface area contributed by atoms with Crippen molar-refractivity contribution in [3.8, 4) is 5.75 Å². The van der Waals surface area contributed by atoms with Crippen molar-refractivity contribution >= 4 is 11.5 Å². The van der Waals surface area contributed by atoms with Gasteiger partial charge in [-0.2, -0.15) is 0 Å². The van der Waals surface area contributed by atoms with Crippen LogP contribution in [0.5, 0.6) is 5.75 Å². The van der Waals surface area contributed by atoms with Gasteiger partial charge in [0, 0.05) is 12.4 Å². The SMILES string of the molecule is O=C1/C(=C(/c2ncc[nH]2)[N+](=O)[O-])Oc2ccccc21. The largest absolute Gasteiger partial charge is 0.445 e. The standard InChI is InChI=1S/C12H7N3O4/c16-10-7-3-1-2-4-8(7)19-11(10)9(15(17)18)12-13-5-6-14-12/h1-6H,(H,13,14)/b11-9+. The maximum Gasteiger partial charge on any atom is 0.357 e. The summed E-state index contributed by atoms with van der Waals surface area (Å²) in [5, 5.41) is 11.1. The van der Waals surface area contributed by atoms with Crippen molar-refractivity contribution in [2.45, 2.75) is 0 Å². The molecular formula is C12H7N3O4. The number of rotatable bonds is 2. The molecule has 94 valence electrons. The summed E-state index contributed by atoms with van der Waals surface area (Å²) in [4.78, 5) is 29.0. The van der Waals surface area contributed by atoms with Crippen molar-refractivity contribution in [1.29, 1.82) is 0 Å². The van der Waals surface area contributed by atoms with Crippen LogP contribution in [0.2, 0.25) is 0 Å². The average molecular weight is 257 g/mol. The van der Waals surface area contributed by atoms with Gasteiger partial charge >= 0.3 is 5.70 Å². The highest BCUT2D eigenvalue weighted by atomic mass is 16.6. The number of fused-ring (bicyclic) bond motifs is 1. The van der Waals surface area contributed by atoms with E-state index >= 15 is 0 Å². The number of nitrogens with zero attached hydrogens (tertiary/aromatic N) is 2. The molecule has 19 heavy (non-hydrogen) atoms. The number of ether oxygens (including phenoxy) is 1. The van der Waals surface area contributed by atoms with Crippen LogP contribution in [-0.2, 0) is 0 Å². The quantitative estimate of drug-likeness (QED) is 0.501. The van der Waals surface area contributed by atoms with Crippen LogP contribution in [0, 0.1) is 10.1 Å². The van der Waals surface area contributed by atoms with Gasteiger partial charge in [-0.3, -0.25) is 14.9 Å². The number of nitro groups is 1. The molecule has 0 unspecified atom stereocenters. The minimum Gasteiger partial charge on any atom is -0.445 e. The van der Waals surface area contributed by atoms with Crippen molar-refractivity contribution < 1.29 is 14.5 Å². The van der Waals surface area contributed by atoms with Crippen molar-refractivity contribution in [1.82, 2.24) is 9.97 Å². The third-order valence-electron chi connectivity index (χ3n) is 2.67. The molecule has 0 spiro atoms. The molecule has 1 N–H and O–H groups in total. The Morgan fingerprint density at radius 3 is 2.79 bits per heavy atom. The summed E-state index contributed by atoms with van der Waals surface area (Å²) in [7, 11) is 0. The Balaban J connectivity index is 2.18. The highest BCUT2D eigenvalue weighted by molar-refractivity contribution is 6.15. The topological polar surface area (TPSA) is 98.1 Å². The number of aromatic nitrogens is 2. The molecule has 7 nitrogen and oxygen atoms in total. The predicted octanol–water partition coefficient (Wildman–Crippen LogP) is 1.63. The number of nitrogens with one attached hydrogen (secondary N) is 1. The van der Waals surface area contributed by atoms with E-state index in [4.69, 9.17) is 4.74 Å². The molecule has 1 aromatic heterocycles. The summed E-state index contributed by atoms with van der Waals surface area (Å²) in [5.41, 5.74) is -0.158. The van der Waals surface area contributed by atoms with Crippen LogP contribution in [0.15, 0.2) is 42.4 Å². The highest BCUT2D eigenvalue weighted by Gasteiger charge is 2.37. The third-order valence-corrected chi connectivity index (χ3v) is 2.67. The van der Waals surface area contributed by atoms with Crippen molar-refractivity contribution in [2.24, 2.45) is 0 Å². The molecule has 7 heteroatoms. The molecule has 1 aliphatic heterocycles. The Labute approximate surface area is 106 Å². The van der Waals surface area contributed by atoms with E-state index in [9.17, 15) is 14.9 Å². The second-order valence-corrected chi connectivity index (χ2v) is 3.80. The molecule has 0 bridgehead atoms. The van der Waals surface area contributed by atoms with Gasteiger partial charge in [-0.25, -0.2) is 4.98 Å². The van der Waals surface area contributed by atoms with E-state index < -0.39 is 16.4 Å². The number of aromatic amines is 1. The van der Waals surface area contributed by atoms with E-state index in [0.717, 1.165) is 0 Å². The fraction of sp³-hybridized carbons (Fsp3) is 0. The second kappa shape index (κ2) is 4.05. The first-order valence-corrected chi connectivity index (χ1v) is 5.38. The van der Waals surface area contributed by atoms with E-state index in [1.807, 2.05) is 0 Å². The van der Waals surface area contributed by atoms with E-state index in [1.54, 1.807) is 24.3 Å². The van der Waals surface area contributed by atoms with Gasteiger partial charge in [-0.1, -0.05) is 12.1 Å². The molecule has 1 aromatic carbocycles. The normalized spacial score (nSPS) is 15.9. The Morgan fingerprint density at radius 1 is 1.37 bits per heavy atom. The molecule has 0 fully saturated rings. The molecule has 2 aromatic rings. The van der Waals surface area contributed by atoms with E-state index in [-0.39, 0.29) is 11.6 Å². The Hall–Kier alpha value is -2.96. The number of hydrogen-bond donors (Lipinski definition) is 1. The number of allylic oxidation sites excluding steroid dienone is 1. The molecular weight excluding hydrogens is 250 g/mol. The van der Waals surface area contributed by atoms with Crippen molar-refractivity contribution in [3.63, 3.8) is 0 Å². The van der Waals surface area contributed by atoms with Crippen molar-refractivity contribution in [2.75, 3.05) is 0 Å². The Kier molecular flexibility index (Phi) is 2.38. The van der Waals surface area contributed by atoms with Crippen LogP contribution >= 0.6 is 0 Å². The average Bonchev–Trinajstić information content (AvgIpc) is 3.00. The fourth-order valence-electron chi connectivity index (χ4n) is 1.85. The number of ketones is 1. The number of hydrogen-bond acceptors (Lipinski definition) is 5. The molecule has 2 heterocycles. The zero-order valence-corrected chi connectivity index (χ0v) is 9.49. The Morgan fingerprint density at radius 2 is 2.16 bits per heavy atom. The number of para-hydroxylation sites is 1. The van der Waals surface area contributed by atoms with Crippen LogP contribution in [0.1, 0.15) is 16.2 Å². The van der Waals surface area contributed by atoms with Gasteiger partial charge in [0.1, 0.15) is 5.75 Å². The lowest BCUT2D eigenvalue weighted by atomic mass is 10.1. The van der Waals surface area contributed by atoms with Gasteiger partial charge in [0.15, 0.2) is 0 Å². The zero-order chi connectivity index (χ0) is 13.4. The monoisotopic (exact) mass is 257 g/mol. The number of carbonyl (C=O) groups excluding carboxylic acids is 1. The lowest BCUT2D eigenvalue weighted by Crippen LogP contribution is -2.10. The van der Waals surface area contributed by atoms with Crippen LogP contribution in [-0.4, -0.2) is 20.7 Å². The van der Waals surface area contributed by atoms with E-state index in [2.05, 4.69) is 9.97 Å². The highest BCUT2D eigenvalue weighted by Crippen LogP contribution is 2.33. The molecule has 1 aliphatic rings. The number of carbonyl (C=O) groups is 1. The number of H-pyrrole nitrogens is 1. The first kappa shape index (κ1) is 11.1. The van der Waals surface area contributed by atoms with Crippen LogP contribution in [0.25, 0.3) is 5.70 Å². The Bertz CT molecular complexity index is 704. The number of benzene rings is 1. The van der Waals surface area contributed by atoms with E-state index in [0.29, 0.717) is 11.3 Å². The first-order chi connectivity index (χ1) is 9.18. The second-order valence-electron chi connectivity index (χ2n) is 3.80. The number of Topliss-reactive ketones (excluding diaryl/α,β-unsaturated/α-hetero) is 1. The lowest BCUT2D eigenvalue weighted by molar-refractivity contribution is -0.377. The molecule has 0 amide bonds. The van der Waals surface area contributed by atoms with E-state index in [1.165, 1.54) is 12.4 Å². The summed E-state index contributed by atoms with van der Waals surface area (Å²) in [5.74, 6) is -0.533. The maximum absolute atomic E-state index is 12.1. The summed E-state index contributed by atoms with van der Waals surface area (Å²) in [6, 6.07) is 6.50. The molecule has 0 saturated heterocycles.